The van der Waals surface area contributed by atoms with E-state index in [-0.39, 0.29) is 5.54 Å². The van der Waals surface area contributed by atoms with Crippen molar-refractivity contribution in [3.8, 4) is 0 Å². The van der Waals surface area contributed by atoms with E-state index in [0.717, 1.165) is 29.5 Å². The van der Waals surface area contributed by atoms with Crippen molar-refractivity contribution in [2.24, 2.45) is 5.92 Å². The molecule has 2 rings (SSSR count). The summed E-state index contributed by atoms with van der Waals surface area (Å²) < 4.78 is 28.4. The van der Waals surface area contributed by atoms with Crippen LogP contribution in [0.5, 0.6) is 0 Å². The summed E-state index contributed by atoms with van der Waals surface area (Å²) in [4.78, 5) is 0.395. The predicted molar refractivity (Wildman–Crippen MR) is 85.8 cm³/mol. The SMILES string of the molecule is CNCc1cc(S(=O)(=O)NC(C)(C)C2CC2)c(C)cc1C. The predicted octanol–water partition coefficient (Wildman–Crippen LogP) is 2.49. The van der Waals surface area contributed by atoms with Gasteiger partial charge in [0.2, 0.25) is 10.0 Å². The Morgan fingerprint density at radius 1 is 1.19 bits per heavy atom. The lowest BCUT2D eigenvalue weighted by atomic mass is 10.0. The van der Waals surface area contributed by atoms with Crippen LogP contribution in [0.15, 0.2) is 17.0 Å². The second kappa shape index (κ2) is 5.71. The lowest BCUT2D eigenvalue weighted by Crippen LogP contribution is -2.45. The van der Waals surface area contributed by atoms with E-state index in [1.165, 1.54) is 0 Å². The van der Waals surface area contributed by atoms with Gasteiger partial charge >= 0.3 is 0 Å². The number of hydrogen-bond acceptors (Lipinski definition) is 3. The maximum Gasteiger partial charge on any atom is 0.241 e. The molecule has 118 valence electrons. The smallest absolute Gasteiger partial charge is 0.241 e. The van der Waals surface area contributed by atoms with Crippen LogP contribution in [0.3, 0.4) is 0 Å². The summed E-state index contributed by atoms with van der Waals surface area (Å²) in [6, 6.07) is 3.75. The van der Waals surface area contributed by atoms with Crippen LogP contribution in [0.2, 0.25) is 0 Å². The largest absolute Gasteiger partial charge is 0.316 e. The highest BCUT2D eigenvalue weighted by Crippen LogP contribution is 2.40. The van der Waals surface area contributed by atoms with Crippen molar-refractivity contribution in [3.05, 3.63) is 28.8 Å². The Kier molecular flexibility index (Phi) is 4.47. The molecule has 0 aromatic heterocycles. The summed E-state index contributed by atoms with van der Waals surface area (Å²) in [6.07, 6.45) is 2.21. The van der Waals surface area contributed by atoms with Gasteiger partial charge in [0.15, 0.2) is 0 Å². The summed E-state index contributed by atoms with van der Waals surface area (Å²) in [5, 5.41) is 3.08. The molecule has 1 aromatic carbocycles. The summed E-state index contributed by atoms with van der Waals surface area (Å²) >= 11 is 0. The summed E-state index contributed by atoms with van der Waals surface area (Å²) in [6.45, 7) is 8.48. The van der Waals surface area contributed by atoms with Crippen LogP contribution in [0, 0.1) is 19.8 Å². The van der Waals surface area contributed by atoms with Crippen LogP contribution < -0.4 is 10.0 Å². The zero-order chi connectivity index (χ0) is 15.8. The van der Waals surface area contributed by atoms with Gasteiger partial charge in [-0.1, -0.05) is 6.07 Å². The van der Waals surface area contributed by atoms with Gasteiger partial charge in [-0.3, -0.25) is 0 Å². The number of nitrogens with one attached hydrogen (secondary N) is 2. The Labute approximate surface area is 128 Å². The lowest BCUT2D eigenvalue weighted by Gasteiger charge is -2.26. The molecule has 0 aliphatic heterocycles. The summed E-state index contributed by atoms with van der Waals surface area (Å²) in [7, 11) is -1.63. The first-order valence-corrected chi connectivity index (χ1v) is 8.94. The Balaban J connectivity index is 2.37. The average molecular weight is 310 g/mol. The molecule has 1 aliphatic rings. The molecule has 0 unspecified atom stereocenters. The normalized spacial score (nSPS) is 16.2. The van der Waals surface area contributed by atoms with Crippen molar-refractivity contribution in [2.45, 2.75) is 57.5 Å². The number of sulfonamides is 1. The monoisotopic (exact) mass is 310 g/mol. The third-order valence-corrected chi connectivity index (χ3v) is 6.10. The van der Waals surface area contributed by atoms with E-state index in [9.17, 15) is 8.42 Å². The van der Waals surface area contributed by atoms with Gasteiger partial charge in [0.25, 0.3) is 0 Å². The van der Waals surface area contributed by atoms with Gasteiger partial charge in [-0.15, -0.1) is 0 Å². The maximum absolute atomic E-state index is 12.7. The van der Waals surface area contributed by atoms with Crippen LogP contribution in [-0.2, 0) is 16.6 Å². The molecule has 2 N–H and O–H groups in total. The van der Waals surface area contributed by atoms with E-state index in [4.69, 9.17) is 0 Å². The third kappa shape index (κ3) is 3.65. The second-order valence-electron chi connectivity index (χ2n) is 6.68. The van der Waals surface area contributed by atoms with E-state index < -0.39 is 10.0 Å². The first-order chi connectivity index (χ1) is 9.67. The summed E-state index contributed by atoms with van der Waals surface area (Å²) in [5.74, 6) is 0.454. The molecule has 1 saturated carbocycles. The van der Waals surface area contributed by atoms with E-state index >= 15 is 0 Å². The number of hydrogen-bond donors (Lipinski definition) is 2. The van der Waals surface area contributed by atoms with Gasteiger partial charge in [0.1, 0.15) is 0 Å². The molecule has 1 fully saturated rings. The van der Waals surface area contributed by atoms with Crippen LogP contribution in [-0.4, -0.2) is 21.0 Å². The quantitative estimate of drug-likeness (QED) is 0.849. The highest BCUT2D eigenvalue weighted by Gasteiger charge is 2.40. The van der Waals surface area contributed by atoms with Crippen molar-refractivity contribution in [3.63, 3.8) is 0 Å². The lowest BCUT2D eigenvalue weighted by molar-refractivity contribution is 0.400. The van der Waals surface area contributed by atoms with Crippen molar-refractivity contribution < 1.29 is 8.42 Å². The van der Waals surface area contributed by atoms with E-state index in [0.29, 0.717) is 17.4 Å². The Morgan fingerprint density at radius 2 is 1.81 bits per heavy atom. The van der Waals surface area contributed by atoms with Crippen LogP contribution in [0.25, 0.3) is 0 Å². The molecule has 21 heavy (non-hydrogen) atoms. The highest BCUT2D eigenvalue weighted by molar-refractivity contribution is 7.89. The highest BCUT2D eigenvalue weighted by atomic mass is 32.2. The Bertz CT molecular complexity index is 632. The second-order valence-corrected chi connectivity index (χ2v) is 8.33. The molecule has 0 amide bonds. The zero-order valence-electron chi connectivity index (χ0n) is 13.6. The Morgan fingerprint density at radius 3 is 2.33 bits per heavy atom. The van der Waals surface area contributed by atoms with E-state index in [1.807, 2.05) is 40.8 Å². The minimum Gasteiger partial charge on any atom is -0.316 e. The molecule has 0 radical (unpaired) electrons. The molecule has 0 bridgehead atoms. The fraction of sp³-hybridized carbons (Fsp3) is 0.625. The number of benzene rings is 1. The standard InChI is InChI=1S/C16H26N2O2S/c1-11-8-12(2)15(9-13(11)10-17-5)21(19,20)18-16(3,4)14-6-7-14/h8-9,14,17-18H,6-7,10H2,1-5H3. The molecule has 5 heteroatoms. The molecule has 1 aromatic rings. The van der Waals surface area contributed by atoms with Crippen LogP contribution >= 0.6 is 0 Å². The minimum absolute atomic E-state index is 0.376. The Hall–Kier alpha value is -0.910. The van der Waals surface area contributed by atoms with Gasteiger partial charge in [-0.05, 0) is 76.3 Å². The summed E-state index contributed by atoms with van der Waals surface area (Å²) in [5.41, 5.74) is 2.56. The number of aryl methyl sites for hydroxylation is 2. The molecule has 0 saturated heterocycles. The molecule has 4 nitrogen and oxygen atoms in total. The molecule has 0 heterocycles. The molecule has 0 atom stereocenters. The van der Waals surface area contributed by atoms with E-state index in [2.05, 4.69) is 10.0 Å². The van der Waals surface area contributed by atoms with Crippen molar-refractivity contribution in [1.29, 1.82) is 0 Å². The first kappa shape index (κ1) is 16.5. The van der Waals surface area contributed by atoms with Crippen molar-refractivity contribution in [2.75, 3.05) is 7.05 Å². The van der Waals surface area contributed by atoms with Gasteiger partial charge < -0.3 is 5.32 Å². The number of rotatable bonds is 6. The maximum atomic E-state index is 12.7. The van der Waals surface area contributed by atoms with Gasteiger partial charge in [0.05, 0.1) is 4.90 Å². The van der Waals surface area contributed by atoms with Gasteiger partial charge in [-0.25, -0.2) is 13.1 Å². The van der Waals surface area contributed by atoms with Gasteiger partial charge in [-0.2, -0.15) is 0 Å². The average Bonchev–Trinajstić information content (AvgIpc) is 3.15. The van der Waals surface area contributed by atoms with E-state index in [1.54, 1.807) is 6.07 Å². The zero-order valence-corrected chi connectivity index (χ0v) is 14.4. The molecular weight excluding hydrogens is 284 g/mol. The molecule has 1 aliphatic carbocycles. The van der Waals surface area contributed by atoms with Gasteiger partial charge in [0, 0.05) is 12.1 Å². The topological polar surface area (TPSA) is 58.2 Å². The van der Waals surface area contributed by atoms with Crippen molar-refractivity contribution in [1.82, 2.24) is 10.0 Å². The minimum atomic E-state index is -3.49. The van der Waals surface area contributed by atoms with Crippen LogP contribution in [0.1, 0.15) is 43.4 Å². The van der Waals surface area contributed by atoms with Crippen LogP contribution in [0.4, 0.5) is 0 Å². The molecular formula is C16H26N2O2S. The first-order valence-electron chi connectivity index (χ1n) is 7.46. The fourth-order valence-electron chi connectivity index (χ4n) is 2.83. The molecule has 0 spiro atoms. The third-order valence-electron chi connectivity index (χ3n) is 4.29. The van der Waals surface area contributed by atoms with Crippen molar-refractivity contribution >= 4 is 10.0 Å². The fourth-order valence-corrected chi connectivity index (χ4v) is 4.58.